The van der Waals surface area contributed by atoms with E-state index < -0.39 is 0 Å². The van der Waals surface area contributed by atoms with Crippen molar-refractivity contribution >= 4 is 6.08 Å². The Labute approximate surface area is 86.1 Å². The molecule has 0 unspecified atom stereocenters. The van der Waals surface area contributed by atoms with Crippen molar-refractivity contribution in [3.8, 4) is 0 Å². The summed E-state index contributed by atoms with van der Waals surface area (Å²) in [6.45, 7) is 4.60. The fraction of sp³-hybridized carbons (Fsp3) is 0.385. The maximum Gasteiger partial charge on any atom is 0.0465 e. The van der Waals surface area contributed by atoms with Crippen molar-refractivity contribution in [1.29, 1.82) is 0 Å². The minimum absolute atomic E-state index is 0.223. The summed E-state index contributed by atoms with van der Waals surface area (Å²) < 4.78 is 0. The smallest absolute Gasteiger partial charge is 0.0465 e. The van der Waals surface area contributed by atoms with Crippen molar-refractivity contribution in [2.75, 3.05) is 6.61 Å². The summed E-state index contributed by atoms with van der Waals surface area (Å²) in [5, 5.41) is 8.64. The maximum absolute atomic E-state index is 8.64. The third kappa shape index (κ3) is 3.35. The lowest BCUT2D eigenvalue weighted by atomic mass is 10.0. The predicted octanol–water partition coefficient (Wildman–Crippen LogP) is 3.21. The molecule has 1 heteroatoms. The number of hydrogen-bond donors (Lipinski definition) is 1. The molecule has 0 aliphatic heterocycles. The lowest BCUT2D eigenvalue weighted by Gasteiger charge is -2.05. The lowest BCUT2D eigenvalue weighted by Crippen LogP contribution is -1.86. The van der Waals surface area contributed by atoms with Crippen LogP contribution in [0.1, 0.15) is 37.3 Å². The van der Waals surface area contributed by atoms with Gasteiger partial charge in [0.1, 0.15) is 0 Å². The number of hydrogen-bond acceptors (Lipinski definition) is 1. The van der Waals surface area contributed by atoms with Crippen LogP contribution < -0.4 is 0 Å². The largest absolute Gasteiger partial charge is 0.396 e. The summed E-state index contributed by atoms with van der Waals surface area (Å²) in [6.07, 6.45) is 4.79. The van der Waals surface area contributed by atoms with Gasteiger partial charge in [0.25, 0.3) is 0 Å². The molecule has 0 amide bonds. The number of aliphatic hydroxyl groups excluding tert-OH is 1. The first kappa shape index (κ1) is 11.0. The van der Waals surface area contributed by atoms with Gasteiger partial charge in [-0.1, -0.05) is 50.3 Å². The van der Waals surface area contributed by atoms with Gasteiger partial charge in [0.05, 0.1) is 0 Å². The van der Waals surface area contributed by atoms with Gasteiger partial charge >= 0.3 is 0 Å². The lowest BCUT2D eigenvalue weighted by molar-refractivity contribution is 0.303. The molecule has 0 fully saturated rings. The number of aliphatic hydroxyl groups is 1. The van der Waals surface area contributed by atoms with Crippen LogP contribution in [0.15, 0.2) is 30.3 Å². The summed E-state index contributed by atoms with van der Waals surface area (Å²) in [6, 6.07) is 8.50. The highest BCUT2D eigenvalue weighted by molar-refractivity contribution is 5.50. The fourth-order valence-corrected chi connectivity index (χ4v) is 1.32. The summed E-state index contributed by atoms with van der Waals surface area (Å²) in [7, 11) is 0. The van der Waals surface area contributed by atoms with Crippen LogP contribution in [-0.4, -0.2) is 11.7 Å². The average molecular weight is 190 g/mol. The molecule has 0 aliphatic carbocycles. The molecule has 0 radical (unpaired) electrons. The third-order valence-electron chi connectivity index (χ3n) is 2.18. The predicted molar refractivity (Wildman–Crippen MR) is 61.3 cm³/mol. The van der Waals surface area contributed by atoms with Crippen molar-refractivity contribution in [2.45, 2.75) is 26.2 Å². The summed E-state index contributed by atoms with van der Waals surface area (Å²) in [5.74, 6) is 0.571. The number of benzene rings is 1. The van der Waals surface area contributed by atoms with Gasteiger partial charge in [-0.05, 0) is 23.5 Å². The Morgan fingerprint density at radius 2 is 2.14 bits per heavy atom. The summed E-state index contributed by atoms with van der Waals surface area (Å²) in [5.41, 5.74) is 2.57. The molecule has 1 rings (SSSR count). The molecule has 1 N–H and O–H groups in total. The van der Waals surface area contributed by atoms with Gasteiger partial charge in [-0.15, -0.1) is 0 Å². The Balaban J connectivity index is 2.73. The van der Waals surface area contributed by atoms with Gasteiger partial charge < -0.3 is 5.11 Å². The third-order valence-corrected chi connectivity index (χ3v) is 2.18. The highest BCUT2D eigenvalue weighted by Crippen LogP contribution is 2.16. The Bertz CT molecular complexity index is 300. The Morgan fingerprint density at radius 3 is 2.79 bits per heavy atom. The highest BCUT2D eigenvalue weighted by atomic mass is 16.2. The maximum atomic E-state index is 8.64. The molecule has 0 heterocycles. The molecule has 14 heavy (non-hydrogen) atoms. The minimum Gasteiger partial charge on any atom is -0.396 e. The van der Waals surface area contributed by atoms with Gasteiger partial charge in [0.15, 0.2) is 0 Å². The zero-order valence-electron chi connectivity index (χ0n) is 8.90. The molecule has 0 aliphatic rings. The van der Waals surface area contributed by atoms with Crippen LogP contribution in [0.3, 0.4) is 0 Å². The van der Waals surface area contributed by atoms with Gasteiger partial charge in [0.2, 0.25) is 0 Å². The van der Waals surface area contributed by atoms with Gasteiger partial charge in [-0.2, -0.15) is 0 Å². The van der Waals surface area contributed by atoms with E-state index in [1.54, 1.807) is 0 Å². The van der Waals surface area contributed by atoms with E-state index in [2.05, 4.69) is 44.2 Å². The molecule has 0 bridgehead atoms. The molecule has 0 saturated carbocycles. The SMILES string of the molecule is CC(C)c1cccc(/C=C/CCO)c1. The van der Waals surface area contributed by atoms with Crippen LogP contribution in [0.5, 0.6) is 0 Å². The van der Waals surface area contributed by atoms with E-state index in [9.17, 15) is 0 Å². The van der Waals surface area contributed by atoms with Gasteiger partial charge in [-0.3, -0.25) is 0 Å². The highest BCUT2D eigenvalue weighted by Gasteiger charge is 1.97. The monoisotopic (exact) mass is 190 g/mol. The second-order valence-corrected chi connectivity index (χ2v) is 3.74. The molecule has 0 aromatic heterocycles. The average Bonchev–Trinajstić information content (AvgIpc) is 2.19. The van der Waals surface area contributed by atoms with Crippen LogP contribution in [0.25, 0.3) is 6.08 Å². The van der Waals surface area contributed by atoms with E-state index >= 15 is 0 Å². The van der Waals surface area contributed by atoms with E-state index in [0.717, 1.165) is 6.42 Å². The molecule has 1 aromatic rings. The first-order chi connectivity index (χ1) is 6.74. The zero-order chi connectivity index (χ0) is 10.4. The second-order valence-electron chi connectivity index (χ2n) is 3.74. The van der Waals surface area contributed by atoms with Crippen molar-refractivity contribution in [1.82, 2.24) is 0 Å². The first-order valence-corrected chi connectivity index (χ1v) is 5.11. The van der Waals surface area contributed by atoms with Gasteiger partial charge in [0, 0.05) is 6.61 Å². The Kier molecular flexibility index (Phi) is 4.41. The quantitative estimate of drug-likeness (QED) is 0.773. The van der Waals surface area contributed by atoms with Crippen molar-refractivity contribution in [3.63, 3.8) is 0 Å². The summed E-state index contributed by atoms with van der Waals surface area (Å²) >= 11 is 0. The van der Waals surface area contributed by atoms with Crippen molar-refractivity contribution in [2.24, 2.45) is 0 Å². The van der Waals surface area contributed by atoms with E-state index in [1.165, 1.54) is 11.1 Å². The van der Waals surface area contributed by atoms with Gasteiger partial charge in [-0.25, -0.2) is 0 Å². The van der Waals surface area contributed by atoms with Crippen LogP contribution in [-0.2, 0) is 0 Å². The van der Waals surface area contributed by atoms with E-state index in [4.69, 9.17) is 5.11 Å². The van der Waals surface area contributed by atoms with Crippen molar-refractivity contribution in [3.05, 3.63) is 41.5 Å². The molecule has 1 nitrogen and oxygen atoms in total. The molecule has 0 spiro atoms. The van der Waals surface area contributed by atoms with Crippen LogP contribution >= 0.6 is 0 Å². The van der Waals surface area contributed by atoms with E-state index in [-0.39, 0.29) is 6.61 Å². The van der Waals surface area contributed by atoms with Crippen LogP contribution in [0, 0.1) is 0 Å². The Morgan fingerprint density at radius 1 is 1.36 bits per heavy atom. The standard InChI is InChI=1S/C13H18O/c1-11(2)13-8-5-7-12(10-13)6-3-4-9-14/h3,5-8,10-11,14H,4,9H2,1-2H3/b6-3+. The normalized spacial score (nSPS) is 11.4. The molecular formula is C13H18O. The second kappa shape index (κ2) is 5.61. The molecule has 1 aromatic carbocycles. The van der Waals surface area contributed by atoms with E-state index in [1.807, 2.05) is 6.08 Å². The molecule has 0 atom stereocenters. The topological polar surface area (TPSA) is 20.2 Å². The number of rotatable bonds is 4. The Hall–Kier alpha value is -1.08. The molecular weight excluding hydrogens is 172 g/mol. The van der Waals surface area contributed by atoms with E-state index in [0.29, 0.717) is 5.92 Å². The summed E-state index contributed by atoms with van der Waals surface area (Å²) in [4.78, 5) is 0. The fourth-order valence-electron chi connectivity index (χ4n) is 1.32. The van der Waals surface area contributed by atoms with Crippen LogP contribution in [0.4, 0.5) is 0 Å². The zero-order valence-corrected chi connectivity index (χ0v) is 8.90. The molecule has 0 saturated heterocycles. The minimum atomic E-state index is 0.223. The first-order valence-electron chi connectivity index (χ1n) is 5.11. The van der Waals surface area contributed by atoms with Crippen LogP contribution in [0.2, 0.25) is 0 Å². The molecule has 76 valence electrons. The van der Waals surface area contributed by atoms with Crippen molar-refractivity contribution < 1.29 is 5.11 Å².